The first-order valence-electron chi connectivity index (χ1n) is 7.90. The largest absolute Gasteiger partial charge is 0.467 e. The van der Waals surface area contributed by atoms with Crippen molar-refractivity contribution in [2.75, 3.05) is 32.1 Å². The molecule has 0 saturated heterocycles. The van der Waals surface area contributed by atoms with E-state index in [1.54, 1.807) is 54.6 Å². The average molecular weight is 342 g/mol. The minimum Gasteiger partial charge on any atom is -0.467 e. The number of anilines is 1. The summed E-state index contributed by atoms with van der Waals surface area (Å²) in [7, 11) is 1.76. The number of likely N-dealkylation sites (N-methyl/N-ethyl adjacent to an activating group) is 1. The molecule has 0 saturated carbocycles. The fraction of sp³-hybridized carbons (Fsp3) is 0.316. The van der Waals surface area contributed by atoms with Crippen LogP contribution in [-0.2, 0) is 16.1 Å². The minimum atomic E-state index is -0.697. The number of nitrogens with one attached hydrogen (secondary N) is 1. The van der Waals surface area contributed by atoms with Crippen LogP contribution in [0.5, 0.6) is 0 Å². The van der Waals surface area contributed by atoms with Crippen LogP contribution in [0, 0.1) is 12.3 Å². The third kappa shape index (κ3) is 6.81. The number of carbonyl (C=O) groups excluding carboxylic acids is 1. The number of aliphatic hydroxyl groups is 1. The Morgan fingerprint density at radius 2 is 2.28 bits per heavy atom. The Bertz CT molecular complexity index is 706. The first kappa shape index (κ1) is 18.7. The van der Waals surface area contributed by atoms with E-state index < -0.39 is 6.10 Å². The third-order valence-electron chi connectivity index (χ3n) is 3.38. The van der Waals surface area contributed by atoms with Gasteiger partial charge in [-0.15, -0.1) is 6.42 Å². The standard InChI is InChI=1S/C19H22N2O4/c1-3-15-6-4-7-16(10-15)20-19(23)12-21(2)11-17(22)13-24-14-18-8-5-9-25-18/h1,4-10,17,22H,11-14H2,2H3,(H,20,23). The van der Waals surface area contributed by atoms with Crippen molar-refractivity contribution in [3.05, 3.63) is 54.0 Å². The zero-order valence-electron chi connectivity index (χ0n) is 14.1. The van der Waals surface area contributed by atoms with Gasteiger partial charge >= 0.3 is 0 Å². The van der Waals surface area contributed by atoms with Gasteiger partial charge in [0.05, 0.1) is 25.5 Å². The maximum atomic E-state index is 12.0. The second-order valence-electron chi connectivity index (χ2n) is 5.72. The molecular formula is C19H22N2O4. The summed E-state index contributed by atoms with van der Waals surface area (Å²) in [6.45, 7) is 0.933. The Hall–Kier alpha value is -2.59. The van der Waals surface area contributed by atoms with Crippen molar-refractivity contribution in [3.8, 4) is 12.3 Å². The summed E-state index contributed by atoms with van der Waals surface area (Å²) in [6.07, 6.45) is 6.21. The van der Waals surface area contributed by atoms with Gasteiger partial charge in [-0.1, -0.05) is 12.0 Å². The summed E-state index contributed by atoms with van der Waals surface area (Å²) in [4.78, 5) is 13.8. The molecule has 1 heterocycles. The van der Waals surface area contributed by atoms with Gasteiger partial charge in [0.1, 0.15) is 12.4 Å². The molecule has 0 fully saturated rings. The average Bonchev–Trinajstić information content (AvgIpc) is 3.08. The summed E-state index contributed by atoms with van der Waals surface area (Å²) in [5, 5.41) is 12.7. The highest BCUT2D eigenvalue weighted by Gasteiger charge is 2.12. The molecule has 2 rings (SSSR count). The highest BCUT2D eigenvalue weighted by Crippen LogP contribution is 2.09. The lowest BCUT2D eigenvalue weighted by Crippen LogP contribution is -2.37. The molecular weight excluding hydrogens is 320 g/mol. The van der Waals surface area contributed by atoms with E-state index in [0.29, 0.717) is 30.2 Å². The van der Waals surface area contributed by atoms with Crippen LogP contribution in [0.4, 0.5) is 5.69 Å². The SMILES string of the molecule is C#Cc1cccc(NC(=O)CN(C)CC(O)COCc2ccco2)c1. The molecule has 0 aliphatic rings. The van der Waals surface area contributed by atoms with Crippen molar-refractivity contribution in [2.24, 2.45) is 0 Å². The number of rotatable bonds is 9. The highest BCUT2D eigenvalue weighted by atomic mass is 16.5. The first-order chi connectivity index (χ1) is 12.1. The van der Waals surface area contributed by atoms with Crippen LogP contribution >= 0.6 is 0 Å². The molecule has 1 aromatic heterocycles. The van der Waals surface area contributed by atoms with Gasteiger partial charge in [-0.25, -0.2) is 0 Å². The van der Waals surface area contributed by atoms with E-state index in [1.165, 1.54) is 0 Å². The predicted molar refractivity (Wildman–Crippen MR) is 94.9 cm³/mol. The van der Waals surface area contributed by atoms with Crippen molar-refractivity contribution in [3.63, 3.8) is 0 Å². The molecule has 2 N–H and O–H groups in total. The molecule has 1 aromatic carbocycles. The Morgan fingerprint density at radius 3 is 3.00 bits per heavy atom. The van der Waals surface area contributed by atoms with Gasteiger partial charge in [0.2, 0.25) is 5.91 Å². The smallest absolute Gasteiger partial charge is 0.238 e. The number of benzene rings is 1. The van der Waals surface area contributed by atoms with Crippen molar-refractivity contribution < 1.29 is 19.1 Å². The van der Waals surface area contributed by atoms with Gasteiger partial charge in [-0.05, 0) is 37.4 Å². The number of terminal acetylenes is 1. The zero-order chi connectivity index (χ0) is 18.1. The molecule has 0 aliphatic carbocycles. The van der Waals surface area contributed by atoms with Crippen LogP contribution in [0.3, 0.4) is 0 Å². The highest BCUT2D eigenvalue weighted by molar-refractivity contribution is 5.92. The number of ether oxygens (including phenoxy) is 1. The Balaban J connectivity index is 1.68. The Morgan fingerprint density at radius 1 is 1.44 bits per heavy atom. The zero-order valence-corrected chi connectivity index (χ0v) is 14.1. The third-order valence-corrected chi connectivity index (χ3v) is 3.38. The lowest BCUT2D eigenvalue weighted by atomic mass is 10.2. The molecule has 6 nitrogen and oxygen atoms in total. The van der Waals surface area contributed by atoms with Gasteiger partial charge in [0, 0.05) is 17.8 Å². The van der Waals surface area contributed by atoms with Gasteiger partial charge in [0.15, 0.2) is 0 Å². The summed E-state index contributed by atoms with van der Waals surface area (Å²) in [5.41, 5.74) is 1.35. The van der Waals surface area contributed by atoms with Gasteiger partial charge < -0.3 is 19.6 Å². The fourth-order valence-electron chi connectivity index (χ4n) is 2.30. The van der Waals surface area contributed by atoms with Crippen LogP contribution in [-0.4, -0.2) is 48.8 Å². The lowest BCUT2D eigenvalue weighted by molar-refractivity contribution is -0.117. The van der Waals surface area contributed by atoms with Crippen LogP contribution < -0.4 is 5.32 Å². The quantitative estimate of drug-likeness (QED) is 0.679. The van der Waals surface area contributed by atoms with Crippen LogP contribution in [0.25, 0.3) is 0 Å². The normalized spacial score (nSPS) is 11.9. The second-order valence-corrected chi connectivity index (χ2v) is 5.72. The number of aliphatic hydroxyl groups excluding tert-OH is 1. The first-order valence-corrected chi connectivity index (χ1v) is 7.90. The predicted octanol–water partition coefficient (Wildman–Crippen LogP) is 1.71. The maximum Gasteiger partial charge on any atom is 0.238 e. The minimum absolute atomic E-state index is 0.148. The van der Waals surface area contributed by atoms with E-state index >= 15 is 0 Å². The van der Waals surface area contributed by atoms with Crippen LogP contribution in [0.1, 0.15) is 11.3 Å². The summed E-state index contributed by atoms with van der Waals surface area (Å²) < 4.78 is 10.5. The van der Waals surface area contributed by atoms with E-state index in [-0.39, 0.29) is 19.1 Å². The summed E-state index contributed by atoms with van der Waals surface area (Å²) >= 11 is 0. The Labute approximate surface area is 147 Å². The van der Waals surface area contributed by atoms with E-state index in [2.05, 4.69) is 11.2 Å². The van der Waals surface area contributed by atoms with Crippen molar-refractivity contribution in [1.29, 1.82) is 0 Å². The second kappa shape index (κ2) is 9.64. The molecule has 0 spiro atoms. The molecule has 1 atom stereocenters. The number of nitrogens with zero attached hydrogens (tertiary/aromatic N) is 1. The van der Waals surface area contributed by atoms with Gasteiger partial charge in [-0.3, -0.25) is 9.69 Å². The molecule has 2 aromatic rings. The van der Waals surface area contributed by atoms with Crippen molar-refractivity contribution in [1.82, 2.24) is 4.90 Å². The topological polar surface area (TPSA) is 74.9 Å². The van der Waals surface area contributed by atoms with Crippen molar-refractivity contribution >= 4 is 11.6 Å². The Kier molecular flexibility index (Phi) is 7.23. The molecule has 1 unspecified atom stereocenters. The molecule has 25 heavy (non-hydrogen) atoms. The number of amides is 1. The van der Waals surface area contributed by atoms with Gasteiger partial charge in [0.25, 0.3) is 0 Å². The van der Waals surface area contributed by atoms with Gasteiger partial charge in [-0.2, -0.15) is 0 Å². The van der Waals surface area contributed by atoms with E-state index in [4.69, 9.17) is 15.6 Å². The number of carbonyl (C=O) groups is 1. The van der Waals surface area contributed by atoms with E-state index in [1.807, 2.05) is 0 Å². The van der Waals surface area contributed by atoms with Crippen molar-refractivity contribution in [2.45, 2.75) is 12.7 Å². The van der Waals surface area contributed by atoms with E-state index in [9.17, 15) is 9.90 Å². The molecule has 0 aliphatic heterocycles. The van der Waals surface area contributed by atoms with Crippen LogP contribution in [0.15, 0.2) is 47.1 Å². The van der Waals surface area contributed by atoms with Crippen LogP contribution in [0.2, 0.25) is 0 Å². The fourth-order valence-corrected chi connectivity index (χ4v) is 2.30. The molecule has 0 radical (unpaired) electrons. The number of hydrogen-bond acceptors (Lipinski definition) is 5. The molecule has 6 heteroatoms. The maximum absolute atomic E-state index is 12.0. The molecule has 132 valence electrons. The van der Waals surface area contributed by atoms with E-state index in [0.717, 1.165) is 0 Å². The molecule has 0 bridgehead atoms. The monoisotopic (exact) mass is 342 g/mol. The lowest BCUT2D eigenvalue weighted by Gasteiger charge is -2.20. The summed E-state index contributed by atoms with van der Waals surface area (Å²) in [6, 6.07) is 10.7. The molecule has 1 amide bonds. The number of furan rings is 1. The number of hydrogen-bond donors (Lipinski definition) is 2. The summed E-state index contributed by atoms with van der Waals surface area (Å²) in [5.74, 6) is 3.04.